The van der Waals surface area contributed by atoms with Gasteiger partial charge < -0.3 is 28.7 Å². The van der Waals surface area contributed by atoms with Crippen LogP contribution in [0.3, 0.4) is 0 Å². The van der Waals surface area contributed by atoms with Crippen LogP contribution in [0.4, 0.5) is 4.79 Å². The third kappa shape index (κ3) is 5.99. The molecule has 2 fully saturated rings. The maximum Gasteiger partial charge on any atom is 0.494 e. The van der Waals surface area contributed by atoms with E-state index in [4.69, 9.17) is 23.4 Å². The van der Waals surface area contributed by atoms with Crippen LogP contribution in [-0.4, -0.2) is 55.9 Å². The van der Waals surface area contributed by atoms with Gasteiger partial charge in [0.1, 0.15) is 6.61 Å². The molecule has 0 radical (unpaired) electrons. The number of alkyl carbamates (subject to hydrolysis) is 1. The summed E-state index contributed by atoms with van der Waals surface area (Å²) in [5, 5.41) is 2.96. The molecule has 3 aromatic carbocycles. The first-order chi connectivity index (χ1) is 21.2. The molecule has 0 spiro atoms. The number of hydrogen-bond donors (Lipinski definition) is 1. The Hall–Kier alpha value is -3.36. The van der Waals surface area contributed by atoms with Crippen molar-refractivity contribution in [3.05, 3.63) is 95.0 Å². The summed E-state index contributed by atoms with van der Waals surface area (Å²) in [5.41, 5.74) is 5.38. The van der Waals surface area contributed by atoms with E-state index in [1.807, 2.05) is 110 Å². The highest BCUT2D eigenvalue weighted by Gasteiger charge is 2.53. The molecule has 9 heteroatoms. The van der Waals surface area contributed by atoms with Crippen LogP contribution in [0.1, 0.15) is 78.0 Å². The number of fused-ring (bicyclic) bond motifs is 3. The van der Waals surface area contributed by atoms with E-state index in [1.54, 1.807) is 0 Å². The maximum atomic E-state index is 13.1. The minimum atomic E-state index is -0.649. The standard InChI is InChI=1S/C36H43B2NO6/c1-33(2)34(3,4)43-37(42-33)25-15-13-14-24(20-25)21-26(38-44-35(5,6)36(7,8)45-38)22-39-32(40)41-23-31-29-18-11-9-16-27(29)28-17-10-12-19-30(28)31/h9-21,31H,22-23H2,1-8H3,(H,39,40). The molecule has 7 nitrogen and oxygen atoms in total. The summed E-state index contributed by atoms with van der Waals surface area (Å²) in [7, 11) is -1.13. The van der Waals surface area contributed by atoms with Gasteiger partial charge in [-0.1, -0.05) is 78.9 Å². The lowest BCUT2D eigenvalue weighted by Crippen LogP contribution is -2.41. The number of ether oxygens (including phenoxy) is 1. The Kier molecular flexibility index (Phi) is 8.05. The summed E-state index contributed by atoms with van der Waals surface area (Å²) in [6.07, 6.45) is 1.51. The molecule has 2 aliphatic heterocycles. The van der Waals surface area contributed by atoms with Crippen LogP contribution in [0.5, 0.6) is 0 Å². The number of hydrogen-bond acceptors (Lipinski definition) is 6. The molecule has 0 atom stereocenters. The van der Waals surface area contributed by atoms with E-state index in [9.17, 15) is 4.79 Å². The van der Waals surface area contributed by atoms with Crippen molar-refractivity contribution in [2.24, 2.45) is 0 Å². The highest BCUT2D eigenvalue weighted by molar-refractivity contribution is 6.62. The van der Waals surface area contributed by atoms with Gasteiger partial charge in [0, 0.05) is 12.5 Å². The molecule has 0 aromatic heterocycles. The van der Waals surface area contributed by atoms with Crippen LogP contribution in [-0.2, 0) is 23.4 Å². The van der Waals surface area contributed by atoms with Crippen molar-refractivity contribution in [1.29, 1.82) is 0 Å². The molecule has 1 aliphatic carbocycles. The molecule has 0 unspecified atom stereocenters. The van der Waals surface area contributed by atoms with Crippen molar-refractivity contribution in [1.82, 2.24) is 5.32 Å². The Morgan fingerprint density at radius 3 is 1.87 bits per heavy atom. The summed E-state index contributed by atoms with van der Waals surface area (Å²) in [5.74, 6) is -0.0148. The smallest absolute Gasteiger partial charge is 0.449 e. The number of amides is 1. The molecular formula is C36H43B2NO6. The second-order valence-electron chi connectivity index (χ2n) is 14.2. The van der Waals surface area contributed by atoms with Crippen LogP contribution >= 0.6 is 0 Å². The topological polar surface area (TPSA) is 75.2 Å². The van der Waals surface area contributed by atoms with Gasteiger partial charge in [0.25, 0.3) is 0 Å². The molecule has 6 rings (SSSR count). The Labute approximate surface area is 267 Å². The lowest BCUT2D eigenvalue weighted by atomic mass is 9.75. The molecular weight excluding hydrogens is 564 g/mol. The fourth-order valence-corrected chi connectivity index (χ4v) is 6.01. The Morgan fingerprint density at radius 1 is 0.756 bits per heavy atom. The summed E-state index contributed by atoms with van der Waals surface area (Å²) < 4.78 is 31.2. The predicted octanol–water partition coefficient (Wildman–Crippen LogP) is 6.54. The molecule has 45 heavy (non-hydrogen) atoms. The highest BCUT2D eigenvalue weighted by atomic mass is 16.7. The van der Waals surface area contributed by atoms with Gasteiger partial charge in [-0.25, -0.2) is 4.79 Å². The summed E-state index contributed by atoms with van der Waals surface area (Å²) in [4.78, 5) is 13.1. The van der Waals surface area contributed by atoms with Gasteiger partial charge in [-0.2, -0.15) is 0 Å². The molecule has 0 bridgehead atoms. The van der Waals surface area contributed by atoms with Crippen LogP contribution in [0.15, 0.2) is 78.3 Å². The van der Waals surface area contributed by atoms with E-state index in [2.05, 4.69) is 29.6 Å². The molecule has 3 aliphatic rings. The molecule has 0 saturated carbocycles. The molecule has 2 heterocycles. The first-order valence-electron chi connectivity index (χ1n) is 15.8. The number of benzene rings is 3. The van der Waals surface area contributed by atoms with Crippen molar-refractivity contribution >= 4 is 31.9 Å². The number of carbonyl (C=O) groups is 1. The Bertz CT molecular complexity index is 1550. The van der Waals surface area contributed by atoms with Gasteiger partial charge in [-0.15, -0.1) is 0 Å². The van der Waals surface area contributed by atoms with Crippen molar-refractivity contribution in [3.8, 4) is 11.1 Å². The number of rotatable bonds is 7. The lowest BCUT2D eigenvalue weighted by molar-refractivity contribution is 0.00578. The quantitative estimate of drug-likeness (QED) is 0.308. The van der Waals surface area contributed by atoms with Gasteiger partial charge in [0.2, 0.25) is 0 Å². The first kappa shape index (κ1) is 31.6. The van der Waals surface area contributed by atoms with Gasteiger partial charge in [-0.3, -0.25) is 0 Å². The van der Waals surface area contributed by atoms with Gasteiger partial charge in [0.05, 0.1) is 22.4 Å². The second-order valence-corrected chi connectivity index (χ2v) is 14.2. The Morgan fingerprint density at radius 2 is 1.29 bits per heavy atom. The van der Waals surface area contributed by atoms with E-state index in [0.717, 1.165) is 16.5 Å². The number of nitrogens with one attached hydrogen (secondary N) is 1. The summed E-state index contributed by atoms with van der Waals surface area (Å²) in [6.45, 7) is 16.7. The molecule has 1 N–H and O–H groups in total. The van der Waals surface area contributed by atoms with Gasteiger partial charge in [0.15, 0.2) is 0 Å². The molecule has 1 amide bonds. The third-order valence-corrected chi connectivity index (χ3v) is 10.1. The van der Waals surface area contributed by atoms with Crippen molar-refractivity contribution in [2.75, 3.05) is 13.2 Å². The fourth-order valence-electron chi connectivity index (χ4n) is 6.01. The fraction of sp³-hybridized carbons (Fsp3) is 0.417. The monoisotopic (exact) mass is 607 g/mol. The summed E-state index contributed by atoms with van der Waals surface area (Å²) in [6, 6.07) is 24.6. The lowest BCUT2D eigenvalue weighted by Gasteiger charge is -2.32. The maximum absolute atomic E-state index is 13.1. The van der Waals surface area contributed by atoms with Crippen molar-refractivity contribution < 1.29 is 28.1 Å². The second kappa shape index (κ2) is 11.5. The largest absolute Gasteiger partial charge is 0.494 e. The average Bonchev–Trinajstić information content (AvgIpc) is 3.51. The molecule has 234 valence electrons. The van der Waals surface area contributed by atoms with E-state index in [-0.39, 0.29) is 19.1 Å². The zero-order valence-electron chi connectivity index (χ0n) is 27.6. The SMILES string of the molecule is CC1(C)OB(C(=Cc2cccc(B3OC(C)(C)C(C)(C)O3)c2)CNC(=O)OCC2c3ccccc3-c3ccccc32)OC1(C)C. The highest BCUT2D eigenvalue weighted by Crippen LogP contribution is 2.44. The normalized spacial score (nSPS) is 21.0. The van der Waals surface area contributed by atoms with E-state index >= 15 is 0 Å². The molecule has 2 saturated heterocycles. The number of carbonyl (C=O) groups excluding carboxylic acids is 1. The summed E-state index contributed by atoms with van der Waals surface area (Å²) >= 11 is 0. The van der Waals surface area contributed by atoms with Gasteiger partial charge in [-0.05, 0) is 94.1 Å². The predicted molar refractivity (Wildman–Crippen MR) is 179 cm³/mol. The van der Waals surface area contributed by atoms with Crippen LogP contribution in [0, 0.1) is 0 Å². The van der Waals surface area contributed by atoms with Gasteiger partial charge >= 0.3 is 20.3 Å². The third-order valence-electron chi connectivity index (χ3n) is 10.1. The Balaban J connectivity index is 1.19. The minimum Gasteiger partial charge on any atom is -0.449 e. The zero-order chi connectivity index (χ0) is 32.2. The van der Waals surface area contributed by atoms with Crippen molar-refractivity contribution in [3.63, 3.8) is 0 Å². The van der Waals surface area contributed by atoms with E-state index < -0.39 is 42.7 Å². The molecule has 3 aromatic rings. The van der Waals surface area contributed by atoms with E-state index in [0.29, 0.717) is 0 Å². The van der Waals surface area contributed by atoms with Crippen molar-refractivity contribution in [2.45, 2.75) is 83.7 Å². The minimum absolute atomic E-state index is 0.0148. The van der Waals surface area contributed by atoms with Crippen LogP contribution in [0.25, 0.3) is 17.2 Å². The average molecular weight is 607 g/mol. The van der Waals surface area contributed by atoms with E-state index in [1.165, 1.54) is 22.3 Å². The zero-order valence-corrected chi connectivity index (χ0v) is 27.6. The van der Waals surface area contributed by atoms with Crippen LogP contribution in [0.2, 0.25) is 0 Å². The van der Waals surface area contributed by atoms with Crippen LogP contribution < -0.4 is 10.8 Å². The first-order valence-corrected chi connectivity index (χ1v) is 15.8.